The van der Waals surface area contributed by atoms with Crippen LogP contribution in [0.25, 0.3) is 0 Å². The van der Waals surface area contributed by atoms with Gasteiger partial charge in [0.25, 0.3) is 0 Å². The Hall–Kier alpha value is -1.76. The summed E-state index contributed by atoms with van der Waals surface area (Å²) in [6.07, 6.45) is 0. The second-order valence-corrected chi connectivity index (χ2v) is 7.75. The Bertz CT molecular complexity index is 595. The smallest absolute Gasteiger partial charge is 0.0422 e. The van der Waals surface area contributed by atoms with Crippen molar-refractivity contribution in [2.75, 3.05) is 5.32 Å². The first-order valence-corrected chi connectivity index (χ1v) is 7.65. The molecule has 112 valence electrons. The van der Waals surface area contributed by atoms with Gasteiger partial charge in [-0.3, -0.25) is 0 Å². The number of nitrogens with one attached hydrogen (secondary N) is 1. The van der Waals surface area contributed by atoms with Crippen LogP contribution in [0.5, 0.6) is 0 Å². The predicted octanol–water partition coefficient (Wildman–Crippen LogP) is 6.03. The Balaban J connectivity index is 2.27. The monoisotopic (exact) mass is 281 g/mol. The van der Waals surface area contributed by atoms with Crippen molar-refractivity contribution in [3.8, 4) is 0 Å². The minimum absolute atomic E-state index is 0.134. The standard InChI is InChI=1S/C20H27N/c1-19(2,3)15-11-13-16(14-12-15)21-18-10-8-7-9-17(18)20(4,5)6/h7-14,21H,1-6H3. The maximum Gasteiger partial charge on any atom is 0.0422 e. The highest BCUT2D eigenvalue weighted by atomic mass is 14.9. The molecule has 0 aliphatic rings. The first kappa shape index (κ1) is 15.6. The highest BCUT2D eigenvalue weighted by molar-refractivity contribution is 5.64. The number of rotatable bonds is 2. The fraction of sp³-hybridized carbons (Fsp3) is 0.400. The van der Waals surface area contributed by atoms with Gasteiger partial charge in [0, 0.05) is 11.4 Å². The summed E-state index contributed by atoms with van der Waals surface area (Å²) < 4.78 is 0. The van der Waals surface area contributed by atoms with Gasteiger partial charge in [-0.25, -0.2) is 0 Å². The van der Waals surface area contributed by atoms with E-state index in [1.807, 2.05) is 0 Å². The molecular weight excluding hydrogens is 254 g/mol. The number of para-hydroxylation sites is 1. The van der Waals surface area contributed by atoms with Gasteiger partial charge in [-0.15, -0.1) is 0 Å². The van der Waals surface area contributed by atoms with Crippen LogP contribution >= 0.6 is 0 Å². The molecule has 0 saturated heterocycles. The zero-order valence-corrected chi connectivity index (χ0v) is 14.1. The van der Waals surface area contributed by atoms with Crippen molar-refractivity contribution in [2.45, 2.75) is 52.4 Å². The van der Waals surface area contributed by atoms with E-state index in [9.17, 15) is 0 Å². The highest BCUT2D eigenvalue weighted by Gasteiger charge is 2.17. The molecule has 0 saturated carbocycles. The molecule has 0 heterocycles. The Kier molecular flexibility index (Phi) is 4.13. The van der Waals surface area contributed by atoms with Gasteiger partial charge in [-0.05, 0) is 40.2 Å². The van der Waals surface area contributed by atoms with Crippen LogP contribution in [0.3, 0.4) is 0 Å². The van der Waals surface area contributed by atoms with Crippen LogP contribution in [-0.4, -0.2) is 0 Å². The van der Waals surface area contributed by atoms with Crippen molar-refractivity contribution >= 4 is 11.4 Å². The first-order chi connectivity index (χ1) is 9.68. The molecule has 0 atom stereocenters. The number of benzene rings is 2. The molecule has 0 spiro atoms. The molecule has 0 radical (unpaired) electrons. The summed E-state index contributed by atoms with van der Waals surface area (Å²) in [6, 6.07) is 17.3. The lowest BCUT2D eigenvalue weighted by Gasteiger charge is -2.24. The molecule has 0 aliphatic carbocycles. The van der Waals surface area contributed by atoms with E-state index in [4.69, 9.17) is 0 Å². The maximum atomic E-state index is 3.56. The minimum atomic E-state index is 0.134. The second kappa shape index (κ2) is 5.55. The molecule has 0 fully saturated rings. The molecule has 0 aliphatic heterocycles. The molecule has 1 heteroatoms. The van der Waals surface area contributed by atoms with E-state index in [0.29, 0.717) is 0 Å². The predicted molar refractivity (Wildman–Crippen MR) is 93.6 cm³/mol. The normalized spacial score (nSPS) is 12.3. The van der Waals surface area contributed by atoms with Crippen LogP contribution in [0.2, 0.25) is 0 Å². The van der Waals surface area contributed by atoms with Gasteiger partial charge < -0.3 is 5.32 Å². The van der Waals surface area contributed by atoms with Gasteiger partial charge in [0.1, 0.15) is 0 Å². The summed E-state index contributed by atoms with van der Waals surface area (Å²) in [7, 11) is 0. The third-order valence-corrected chi connectivity index (χ3v) is 3.77. The maximum absolute atomic E-state index is 3.56. The van der Waals surface area contributed by atoms with Crippen LogP contribution in [-0.2, 0) is 10.8 Å². The summed E-state index contributed by atoms with van der Waals surface area (Å²) in [5.74, 6) is 0. The largest absolute Gasteiger partial charge is 0.355 e. The van der Waals surface area contributed by atoms with Gasteiger partial charge >= 0.3 is 0 Å². The Morgan fingerprint density at radius 2 is 1.24 bits per heavy atom. The SMILES string of the molecule is CC(C)(C)c1ccc(Nc2ccccc2C(C)(C)C)cc1. The third-order valence-electron chi connectivity index (χ3n) is 3.77. The van der Waals surface area contributed by atoms with Crippen molar-refractivity contribution in [1.82, 2.24) is 0 Å². The number of hydrogen-bond acceptors (Lipinski definition) is 1. The molecule has 2 rings (SSSR count). The fourth-order valence-electron chi connectivity index (χ4n) is 2.46. The van der Waals surface area contributed by atoms with Crippen molar-refractivity contribution in [2.24, 2.45) is 0 Å². The van der Waals surface area contributed by atoms with E-state index in [0.717, 1.165) is 5.69 Å². The fourth-order valence-corrected chi connectivity index (χ4v) is 2.46. The molecule has 21 heavy (non-hydrogen) atoms. The van der Waals surface area contributed by atoms with Crippen LogP contribution in [0.4, 0.5) is 11.4 Å². The molecular formula is C20H27N. The van der Waals surface area contributed by atoms with E-state index in [-0.39, 0.29) is 10.8 Å². The van der Waals surface area contributed by atoms with Crippen LogP contribution in [0.1, 0.15) is 52.7 Å². The van der Waals surface area contributed by atoms with Gasteiger partial charge in [0.05, 0.1) is 0 Å². The van der Waals surface area contributed by atoms with E-state index in [1.165, 1.54) is 16.8 Å². The topological polar surface area (TPSA) is 12.0 Å². The van der Waals surface area contributed by atoms with Gasteiger partial charge in [0.15, 0.2) is 0 Å². The van der Waals surface area contributed by atoms with Crippen molar-refractivity contribution in [1.29, 1.82) is 0 Å². The molecule has 1 N–H and O–H groups in total. The van der Waals surface area contributed by atoms with E-state index in [1.54, 1.807) is 0 Å². The zero-order valence-electron chi connectivity index (χ0n) is 14.1. The van der Waals surface area contributed by atoms with Crippen LogP contribution in [0.15, 0.2) is 48.5 Å². The van der Waals surface area contributed by atoms with Crippen molar-refractivity contribution in [3.05, 3.63) is 59.7 Å². The van der Waals surface area contributed by atoms with Crippen LogP contribution < -0.4 is 5.32 Å². The lowest BCUT2D eigenvalue weighted by Crippen LogP contribution is -2.13. The number of anilines is 2. The molecule has 0 aromatic heterocycles. The summed E-state index contributed by atoms with van der Waals surface area (Å²) in [5.41, 5.74) is 5.35. The lowest BCUT2D eigenvalue weighted by atomic mass is 9.85. The molecule has 0 unspecified atom stereocenters. The first-order valence-electron chi connectivity index (χ1n) is 7.65. The Labute approximate surface area is 129 Å². The second-order valence-electron chi connectivity index (χ2n) is 7.75. The number of hydrogen-bond donors (Lipinski definition) is 1. The van der Waals surface area contributed by atoms with Gasteiger partial charge in [0.2, 0.25) is 0 Å². The zero-order chi connectivity index (χ0) is 15.7. The summed E-state index contributed by atoms with van der Waals surface area (Å²) in [4.78, 5) is 0. The highest BCUT2D eigenvalue weighted by Crippen LogP contribution is 2.32. The third kappa shape index (κ3) is 3.87. The Morgan fingerprint density at radius 3 is 1.76 bits per heavy atom. The summed E-state index contributed by atoms with van der Waals surface area (Å²) in [6.45, 7) is 13.5. The molecule has 0 bridgehead atoms. The molecule has 2 aromatic carbocycles. The summed E-state index contributed by atoms with van der Waals surface area (Å²) in [5, 5.41) is 3.56. The average Bonchev–Trinajstić information content (AvgIpc) is 2.37. The van der Waals surface area contributed by atoms with Gasteiger partial charge in [-0.1, -0.05) is 71.9 Å². The van der Waals surface area contributed by atoms with Gasteiger partial charge in [-0.2, -0.15) is 0 Å². The Morgan fingerprint density at radius 1 is 0.667 bits per heavy atom. The lowest BCUT2D eigenvalue weighted by molar-refractivity contribution is 0.590. The van der Waals surface area contributed by atoms with E-state index < -0.39 is 0 Å². The minimum Gasteiger partial charge on any atom is -0.355 e. The summed E-state index contributed by atoms with van der Waals surface area (Å²) >= 11 is 0. The van der Waals surface area contributed by atoms with Crippen LogP contribution in [0, 0.1) is 0 Å². The molecule has 2 aromatic rings. The molecule has 1 nitrogen and oxygen atoms in total. The average molecular weight is 281 g/mol. The van der Waals surface area contributed by atoms with Crippen molar-refractivity contribution in [3.63, 3.8) is 0 Å². The quantitative estimate of drug-likeness (QED) is 0.709. The molecule has 0 amide bonds. The van der Waals surface area contributed by atoms with E-state index in [2.05, 4.69) is 95.4 Å². The van der Waals surface area contributed by atoms with E-state index >= 15 is 0 Å². The van der Waals surface area contributed by atoms with Crippen molar-refractivity contribution < 1.29 is 0 Å².